The maximum atomic E-state index is 12.8. The van der Waals surface area contributed by atoms with E-state index < -0.39 is 6.04 Å². The van der Waals surface area contributed by atoms with Gasteiger partial charge in [0, 0.05) is 7.05 Å². The number of rotatable bonds is 9. The van der Waals surface area contributed by atoms with Gasteiger partial charge in [0.2, 0.25) is 5.91 Å². The van der Waals surface area contributed by atoms with Gasteiger partial charge in [-0.25, -0.2) is 0 Å². The highest BCUT2D eigenvalue weighted by molar-refractivity contribution is 7.98. The van der Waals surface area contributed by atoms with E-state index in [4.69, 9.17) is 9.15 Å². The number of hydrogen-bond acceptors (Lipinski definition) is 5. The first kappa shape index (κ1) is 19.9. The van der Waals surface area contributed by atoms with Gasteiger partial charge in [0.05, 0.1) is 25.5 Å². The summed E-state index contributed by atoms with van der Waals surface area (Å²) in [6, 6.07) is 9.94. The molecule has 1 N–H and O–H groups in total. The van der Waals surface area contributed by atoms with E-state index in [1.807, 2.05) is 12.3 Å². The highest BCUT2D eigenvalue weighted by Crippen LogP contribution is 2.18. The summed E-state index contributed by atoms with van der Waals surface area (Å²) in [5.41, 5.74) is 0.408. The maximum absolute atomic E-state index is 12.8. The van der Waals surface area contributed by atoms with E-state index in [-0.39, 0.29) is 11.8 Å². The van der Waals surface area contributed by atoms with Gasteiger partial charge in [-0.2, -0.15) is 11.8 Å². The molecular formula is C19H24N2O4S. The molecule has 0 bridgehead atoms. The fourth-order valence-corrected chi connectivity index (χ4v) is 3.01. The van der Waals surface area contributed by atoms with Crippen molar-refractivity contribution in [2.45, 2.75) is 19.0 Å². The summed E-state index contributed by atoms with van der Waals surface area (Å²) in [4.78, 5) is 27.0. The van der Waals surface area contributed by atoms with Crippen LogP contribution in [-0.2, 0) is 11.3 Å². The third kappa shape index (κ3) is 5.29. The molecule has 0 fully saturated rings. The maximum Gasteiger partial charge on any atom is 0.255 e. The summed E-state index contributed by atoms with van der Waals surface area (Å²) in [5, 5.41) is 2.85. The number of nitrogens with one attached hydrogen (secondary N) is 1. The second-order valence-electron chi connectivity index (χ2n) is 5.78. The van der Waals surface area contributed by atoms with Gasteiger partial charge in [-0.15, -0.1) is 0 Å². The monoisotopic (exact) mass is 376 g/mol. The molecule has 0 saturated carbocycles. The van der Waals surface area contributed by atoms with E-state index in [0.717, 1.165) is 5.75 Å². The Morgan fingerprint density at radius 3 is 2.69 bits per heavy atom. The van der Waals surface area contributed by atoms with Crippen LogP contribution in [0.2, 0.25) is 0 Å². The molecule has 1 heterocycles. The van der Waals surface area contributed by atoms with E-state index in [1.165, 1.54) is 7.11 Å². The van der Waals surface area contributed by atoms with Crippen molar-refractivity contribution in [3.8, 4) is 5.75 Å². The molecule has 2 rings (SSSR count). The Labute approximate surface area is 157 Å². The number of nitrogens with zero attached hydrogens (tertiary/aromatic N) is 1. The number of ether oxygens (including phenoxy) is 1. The van der Waals surface area contributed by atoms with Gasteiger partial charge in [-0.05, 0) is 42.7 Å². The van der Waals surface area contributed by atoms with Crippen LogP contribution >= 0.6 is 11.8 Å². The van der Waals surface area contributed by atoms with Crippen LogP contribution in [0.15, 0.2) is 47.1 Å². The second kappa shape index (κ2) is 9.91. The molecule has 140 valence electrons. The Morgan fingerprint density at radius 1 is 1.27 bits per heavy atom. The van der Waals surface area contributed by atoms with Gasteiger partial charge in [-0.1, -0.05) is 12.1 Å². The Kier molecular flexibility index (Phi) is 7.59. The predicted octanol–water partition coefficient (Wildman–Crippen LogP) is 2.80. The molecule has 1 unspecified atom stereocenters. The lowest BCUT2D eigenvalue weighted by atomic mass is 10.1. The molecule has 2 aromatic rings. The molecular weight excluding hydrogens is 352 g/mol. The van der Waals surface area contributed by atoms with Crippen molar-refractivity contribution in [3.63, 3.8) is 0 Å². The Bertz CT molecular complexity index is 718. The molecule has 26 heavy (non-hydrogen) atoms. The zero-order chi connectivity index (χ0) is 18.9. The normalized spacial score (nSPS) is 11.7. The first-order valence-corrected chi connectivity index (χ1v) is 9.66. The number of para-hydroxylation sites is 1. The number of hydrogen-bond donors (Lipinski definition) is 1. The van der Waals surface area contributed by atoms with Gasteiger partial charge >= 0.3 is 0 Å². The summed E-state index contributed by atoms with van der Waals surface area (Å²) in [6.45, 7) is 0.353. The number of carbonyl (C=O) groups is 2. The van der Waals surface area contributed by atoms with Crippen molar-refractivity contribution in [3.05, 3.63) is 54.0 Å². The van der Waals surface area contributed by atoms with Crippen molar-refractivity contribution in [2.75, 3.05) is 26.2 Å². The number of methoxy groups -OCH3 is 1. The Hall–Kier alpha value is -2.41. The van der Waals surface area contributed by atoms with Gasteiger partial charge in [-0.3, -0.25) is 9.59 Å². The molecule has 1 atom stereocenters. The molecule has 1 aromatic heterocycles. The summed E-state index contributed by atoms with van der Waals surface area (Å²) in [6.07, 6.45) is 4.09. The van der Waals surface area contributed by atoms with Crippen molar-refractivity contribution >= 4 is 23.6 Å². The quantitative estimate of drug-likeness (QED) is 0.729. The number of furan rings is 1. The minimum absolute atomic E-state index is 0.154. The van der Waals surface area contributed by atoms with Crippen molar-refractivity contribution < 1.29 is 18.7 Å². The Balaban J connectivity index is 2.10. The van der Waals surface area contributed by atoms with Crippen LogP contribution in [0.1, 0.15) is 22.5 Å². The molecule has 0 spiro atoms. The summed E-state index contributed by atoms with van der Waals surface area (Å²) < 4.78 is 10.5. The van der Waals surface area contributed by atoms with Crippen LogP contribution in [0, 0.1) is 0 Å². The lowest BCUT2D eigenvalue weighted by Crippen LogP contribution is -2.47. The highest BCUT2D eigenvalue weighted by Gasteiger charge is 2.25. The summed E-state index contributed by atoms with van der Waals surface area (Å²) in [7, 11) is 3.21. The molecule has 7 heteroatoms. The first-order chi connectivity index (χ1) is 12.6. The minimum Gasteiger partial charge on any atom is -0.496 e. The number of benzene rings is 1. The van der Waals surface area contributed by atoms with E-state index in [0.29, 0.717) is 30.0 Å². The molecule has 0 aliphatic rings. The lowest BCUT2D eigenvalue weighted by molar-refractivity contribution is -0.132. The SMILES string of the molecule is COc1ccccc1C(=O)NC(CCSC)C(=O)N(C)Cc1ccco1. The third-order valence-electron chi connectivity index (χ3n) is 3.92. The second-order valence-corrected chi connectivity index (χ2v) is 6.77. The summed E-state index contributed by atoms with van der Waals surface area (Å²) >= 11 is 1.63. The van der Waals surface area contributed by atoms with E-state index in [1.54, 1.807) is 60.3 Å². The smallest absolute Gasteiger partial charge is 0.255 e. The molecule has 2 amide bonds. The van der Waals surface area contributed by atoms with Gasteiger partial charge in [0.1, 0.15) is 17.6 Å². The number of carbonyl (C=O) groups excluding carboxylic acids is 2. The minimum atomic E-state index is -0.611. The summed E-state index contributed by atoms with van der Waals surface area (Å²) in [5.74, 6) is 1.45. The highest BCUT2D eigenvalue weighted by atomic mass is 32.2. The third-order valence-corrected chi connectivity index (χ3v) is 4.56. The van der Waals surface area contributed by atoms with Crippen LogP contribution in [0.3, 0.4) is 0 Å². The number of thioether (sulfide) groups is 1. The van der Waals surface area contributed by atoms with Crippen LogP contribution in [0.4, 0.5) is 0 Å². The van der Waals surface area contributed by atoms with Crippen LogP contribution < -0.4 is 10.1 Å². The van der Waals surface area contributed by atoms with Crippen molar-refractivity contribution in [1.82, 2.24) is 10.2 Å². The van der Waals surface area contributed by atoms with Crippen LogP contribution in [0.5, 0.6) is 5.75 Å². The van der Waals surface area contributed by atoms with Crippen LogP contribution in [-0.4, -0.2) is 48.9 Å². The zero-order valence-electron chi connectivity index (χ0n) is 15.2. The first-order valence-electron chi connectivity index (χ1n) is 8.27. The molecule has 1 aromatic carbocycles. The van der Waals surface area contributed by atoms with Gasteiger partial charge in [0.25, 0.3) is 5.91 Å². The van der Waals surface area contributed by atoms with E-state index in [2.05, 4.69) is 5.32 Å². The van der Waals surface area contributed by atoms with Crippen LogP contribution in [0.25, 0.3) is 0 Å². The van der Waals surface area contributed by atoms with Gasteiger partial charge in [0.15, 0.2) is 0 Å². The Morgan fingerprint density at radius 2 is 2.04 bits per heavy atom. The predicted molar refractivity (Wildman–Crippen MR) is 102 cm³/mol. The van der Waals surface area contributed by atoms with E-state index in [9.17, 15) is 9.59 Å². The number of likely N-dealkylation sites (N-methyl/N-ethyl adjacent to an activating group) is 1. The average Bonchev–Trinajstić information content (AvgIpc) is 3.17. The van der Waals surface area contributed by atoms with Gasteiger partial charge < -0.3 is 19.4 Å². The fourth-order valence-electron chi connectivity index (χ4n) is 2.54. The topological polar surface area (TPSA) is 71.8 Å². The standard InChI is InChI=1S/C19H24N2O4S/c1-21(13-14-7-6-11-25-14)19(23)16(10-12-26-3)20-18(22)15-8-4-5-9-17(15)24-2/h4-9,11,16H,10,12-13H2,1-3H3,(H,20,22). The van der Waals surface area contributed by atoms with Crippen molar-refractivity contribution in [2.24, 2.45) is 0 Å². The largest absolute Gasteiger partial charge is 0.496 e. The van der Waals surface area contributed by atoms with Crippen molar-refractivity contribution in [1.29, 1.82) is 0 Å². The lowest BCUT2D eigenvalue weighted by Gasteiger charge is -2.24. The molecule has 0 radical (unpaired) electrons. The zero-order valence-corrected chi connectivity index (χ0v) is 16.0. The van der Waals surface area contributed by atoms with E-state index >= 15 is 0 Å². The molecule has 0 saturated heterocycles. The molecule has 0 aliphatic carbocycles. The average molecular weight is 376 g/mol. The molecule has 6 nitrogen and oxygen atoms in total. The number of amides is 2. The molecule has 0 aliphatic heterocycles. The fraction of sp³-hybridized carbons (Fsp3) is 0.368.